The molecule has 2 N–H and O–H groups in total. The van der Waals surface area contributed by atoms with Crippen molar-refractivity contribution in [2.24, 2.45) is 34.3 Å². The second-order valence-electron chi connectivity index (χ2n) is 12.9. The zero-order chi connectivity index (χ0) is 25.1. The first kappa shape index (κ1) is 24.3. The van der Waals surface area contributed by atoms with Gasteiger partial charge in [0.15, 0.2) is 0 Å². The van der Waals surface area contributed by atoms with E-state index in [1.54, 1.807) is 17.9 Å². The maximum absolute atomic E-state index is 12.8. The predicted molar refractivity (Wildman–Crippen MR) is 138 cm³/mol. The van der Waals surface area contributed by atoms with Crippen LogP contribution < -0.4 is 11.4 Å². The smallest absolute Gasteiger partial charge is 0.410 e. The number of hydrogen-bond donors (Lipinski definition) is 1. The monoisotopic (exact) mass is 494 g/mol. The molecule has 7 unspecified atom stereocenters. The van der Waals surface area contributed by atoms with Gasteiger partial charge in [-0.2, -0.15) is 0 Å². The van der Waals surface area contributed by atoms with E-state index in [2.05, 4.69) is 19.9 Å². The molecule has 1 amide bonds. The highest BCUT2D eigenvalue weighted by atomic mass is 16.6. The minimum Gasteiger partial charge on any atom is -0.446 e. The van der Waals surface area contributed by atoms with E-state index in [9.17, 15) is 9.59 Å². The van der Waals surface area contributed by atoms with Gasteiger partial charge in [-0.15, -0.1) is 0 Å². The summed E-state index contributed by atoms with van der Waals surface area (Å²) in [4.78, 5) is 26.2. The molecule has 5 aliphatic rings. The normalized spacial score (nSPS) is 42.1. The summed E-state index contributed by atoms with van der Waals surface area (Å²) in [6.45, 7) is 6.39. The molecule has 6 heteroatoms. The number of likely N-dealkylation sites (tertiary alicyclic amines) is 1. The molecule has 6 rings (SSSR count). The SMILES string of the molecule is CC12CCC3C(CCC4CC(OC(=O)N5CCC[C@H](N)C5)CCC43C)C1=CCC2c1ccc(=O)oc1. The van der Waals surface area contributed by atoms with E-state index in [1.165, 1.54) is 31.2 Å². The summed E-state index contributed by atoms with van der Waals surface area (Å²) in [5, 5.41) is 0. The molecule has 36 heavy (non-hydrogen) atoms. The largest absolute Gasteiger partial charge is 0.446 e. The van der Waals surface area contributed by atoms with Gasteiger partial charge < -0.3 is 19.8 Å². The number of piperidine rings is 1. The van der Waals surface area contributed by atoms with Gasteiger partial charge in [-0.1, -0.05) is 25.5 Å². The first-order valence-electron chi connectivity index (χ1n) is 14.3. The van der Waals surface area contributed by atoms with Gasteiger partial charge in [0.2, 0.25) is 0 Å². The second-order valence-corrected chi connectivity index (χ2v) is 12.9. The Morgan fingerprint density at radius 1 is 1.14 bits per heavy atom. The molecule has 1 saturated heterocycles. The van der Waals surface area contributed by atoms with Crippen molar-refractivity contribution in [1.29, 1.82) is 0 Å². The molecule has 0 radical (unpaired) electrons. The van der Waals surface area contributed by atoms with Crippen LogP contribution in [0.15, 0.2) is 39.3 Å². The average Bonchev–Trinajstić information content (AvgIpc) is 3.22. The molecule has 196 valence electrons. The molecule has 1 aromatic heterocycles. The lowest BCUT2D eigenvalue weighted by atomic mass is 9.46. The van der Waals surface area contributed by atoms with Crippen LogP contribution in [-0.4, -0.2) is 36.2 Å². The third kappa shape index (κ3) is 3.95. The Morgan fingerprint density at radius 3 is 2.78 bits per heavy atom. The lowest BCUT2D eigenvalue weighted by Gasteiger charge is -2.59. The highest BCUT2D eigenvalue weighted by Crippen LogP contribution is 2.67. The van der Waals surface area contributed by atoms with Crippen molar-refractivity contribution in [3.05, 3.63) is 46.0 Å². The standard InChI is InChI=1S/C30H42N2O4/c1-29-13-11-22(36-28(34)32-15-3-4-21(31)17-32)16-20(29)6-7-23-25-9-8-24(19-5-10-27(33)35-18-19)30(25,2)14-12-26(23)29/h5,9-10,18,20-24,26H,3-4,6-8,11-17,31H2,1-2H3/t20?,21-,22?,23?,24?,26?,29?,30?/m0/s1. The van der Waals surface area contributed by atoms with Crippen LogP contribution in [0, 0.1) is 28.6 Å². The van der Waals surface area contributed by atoms with Crippen molar-refractivity contribution in [2.75, 3.05) is 13.1 Å². The third-order valence-corrected chi connectivity index (χ3v) is 11.1. The number of nitrogens with zero attached hydrogens (tertiary/aromatic N) is 1. The van der Waals surface area contributed by atoms with Crippen molar-refractivity contribution in [3.8, 4) is 0 Å². The quantitative estimate of drug-likeness (QED) is 0.540. The zero-order valence-electron chi connectivity index (χ0n) is 21.9. The summed E-state index contributed by atoms with van der Waals surface area (Å²) in [6, 6.07) is 3.63. The molecule has 6 nitrogen and oxygen atoms in total. The van der Waals surface area contributed by atoms with E-state index >= 15 is 0 Å². The Bertz CT molecular complexity index is 1080. The Balaban J connectivity index is 1.14. The van der Waals surface area contributed by atoms with E-state index in [1.807, 2.05) is 11.0 Å². The van der Waals surface area contributed by atoms with Gasteiger partial charge in [-0.3, -0.25) is 0 Å². The Kier molecular flexibility index (Phi) is 6.09. The number of nitrogens with two attached hydrogens (primary N) is 1. The third-order valence-electron chi connectivity index (χ3n) is 11.1. The fourth-order valence-electron chi connectivity index (χ4n) is 9.12. The number of carbonyl (C=O) groups excluding carboxylic acids is 1. The van der Waals surface area contributed by atoms with Crippen LogP contribution >= 0.6 is 0 Å². The predicted octanol–water partition coefficient (Wildman–Crippen LogP) is 5.61. The van der Waals surface area contributed by atoms with E-state index in [0.717, 1.165) is 45.1 Å². The van der Waals surface area contributed by atoms with E-state index in [0.29, 0.717) is 35.6 Å². The Labute approximate surface area is 214 Å². The van der Waals surface area contributed by atoms with Crippen LogP contribution in [0.5, 0.6) is 0 Å². The van der Waals surface area contributed by atoms with Crippen LogP contribution in [0.4, 0.5) is 4.79 Å². The van der Waals surface area contributed by atoms with E-state index in [-0.39, 0.29) is 29.3 Å². The van der Waals surface area contributed by atoms with Crippen molar-refractivity contribution >= 4 is 6.09 Å². The van der Waals surface area contributed by atoms with Crippen LogP contribution in [0.3, 0.4) is 0 Å². The minimum absolute atomic E-state index is 0.0435. The van der Waals surface area contributed by atoms with Gasteiger partial charge in [0.05, 0.1) is 6.26 Å². The zero-order valence-corrected chi connectivity index (χ0v) is 21.9. The molecule has 3 saturated carbocycles. The van der Waals surface area contributed by atoms with Crippen molar-refractivity contribution < 1.29 is 13.9 Å². The lowest BCUT2D eigenvalue weighted by Crippen LogP contribution is -2.52. The lowest BCUT2D eigenvalue weighted by molar-refractivity contribution is -0.0875. The molecule has 4 aliphatic carbocycles. The first-order chi connectivity index (χ1) is 17.3. The summed E-state index contributed by atoms with van der Waals surface area (Å²) in [6.07, 6.45) is 15.2. The van der Waals surface area contributed by atoms with E-state index < -0.39 is 0 Å². The molecule has 0 spiro atoms. The molecule has 0 aromatic carbocycles. The Morgan fingerprint density at radius 2 is 2.00 bits per heavy atom. The van der Waals surface area contributed by atoms with Crippen LogP contribution in [0.2, 0.25) is 0 Å². The molecular formula is C30H42N2O4. The number of ether oxygens (including phenoxy) is 1. The molecule has 1 aliphatic heterocycles. The maximum Gasteiger partial charge on any atom is 0.410 e. The number of fused-ring (bicyclic) bond motifs is 5. The number of hydrogen-bond acceptors (Lipinski definition) is 5. The number of carbonyl (C=O) groups is 1. The second kappa shape index (κ2) is 9.04. The van der Waals surface area contributed by atoms with Crippen molar-refractivity contribution in [1.82, 2.24) is 4.90 Å². The molecule has 0 bridgehead atoms. The molecule has 2 heterocycles. The molecule has 1 aromatic rings. The Hall–Kier alpha value is -2.08. The molecular weight excluding hydrogens is 452 g/mol. The van der Waals surface area contributed by atoms with Gasteiger partial charge in [0.1, 0.15) is 6.10 Å². The summed E-state index contributed by atoms with van der Waals surface area (Å²) >= 11 is 0. The van der Waals surface area contributed by atoms with E-state index in [4.69, 9.17) is 14.9 Å². The molecule has 8 atom stereocenters. The van der Waals surface area contributed by atoms with Gasteiger partial charge in [0, 0.05) is 25.2 Å². The fourth-order valence-corrected chi connectivity index (χ4v) is 9.12. The van der Waals surface area contributed by atoms with Crippen LogP contribution in [0.1, 0.15) is 89.5 Å². The first-order valence-corrected chi connectivity index (χ1v) is 14.3. The number of amides is 1. The summed E-state index contributed by atoms with van der Waals surface area (Å²) in [5.74, 6) is 2.39. The fraction of sp³-hybridized carbons (Fsp3) is 0.733. The molecule has 4 fully saturated rings. The highest BCUT2D eigenvalue weighted by molar-refractivity contribution is 5.68. The van der Waals surface area contributed by atoms with Crippen molar-refractivity contribution in [3.63, 3.8) is 0 Å². The van der Waals surface area contributed by atoms with Gasteiger partial charge in [-0.25, -0.2) is 9.59 Å². The average molecular weight is 495 g/mol. The minimum atomic E-state index is -0.272. The maximum atomic E-state index is 12.8. The van der Waals surface area contributed by atoms with Crippen LogP contribution in [0.25, 0.3) is 0 Å². The van der Waals surface area contributed by atoms with Gasteiger partial charge >= 0.3 is 11.7 Å². The van der Waals surface area contributed by atoms with Gasteiger partial charge in [-0.05, 0) is 110 Å². The highest BCUT2D eigenvalue weighted by Gasteiger charge is 2.58. The van der Waals surface area contributed by atoms with Crippen molar-refractivity contribution in [2.45, 2.75) is 96.1 Å². The topological polar surface area (TPSA) is 85.8 Å². The number of allylic oxidation sites excluding steroid dienone is 2. The van der Waals surface area contributed by atoms with Gasteiger partial charge in [0.25, 0.3) is 0 Å². The summed E-state index contributed by atoms with van der Waals surface area (Å²) in [5.41, 5.74) is 9.13. The van der Waals surface area contributed by atoms with Crippen LogP contribution in [-0.2, 0) is 4.74 Å². The summed E-state index contributed by atoms with van der Waals surface area (Å²) in [7, 11) is 0. The number of rotatable bonds is 2. The summed E-state index contributed by atoms with van der Waals surface area (Å²) < 4.78 is 11.3.